The second-order valence-electron chi connectivity index (χ2n) is 3.41. The third-order valence-corrected chi connectivity index (χ3v) is 2.20. The van der Waals surface area contributed by atoms with Crippen LogP contribution in [0, 0.1) is 0 Å². The van der Waals surface area contributed by atoms with E-state index in [4.69, 9.17) is 10.5 Å². The Morgan fingerprint density at radius 2 is 2.43 bits per heavy atom. The molecule has 0 fully saturated rings. The summed E-state index contributed by atoms with van der Waals surface area (Å²) in [5.74, 6) is 1.08. The van der Waals surface area contributed by atoms with Gasteiger partial charge in [-0.25, -0.2) is 4.98 Å². The number of ether oxygens (including phenoxy) is 1. The first kappa shape index (κ1) is 11.2. The molecular weight excluding hydrogens is 178 g/mol. The summed E-state index contributed by atoms with van der Waals surface area (Å²) in [7, 11) is 2.00. The molecule has 0 saturated carbocycles. The Labute approximate surface area is 85.1 Å². The third-order valence-electron chi connectivity index (χ3n) is 2.20. The number of aryl methyl sites for hydroxylation is 2. The van der Waals surface area contributed by atoms with Gasteiger partial charge in [0.05, 0.1) is 6.61 Å². The van der Waals surface area contributed by atoms with E-state index in [0.717, 1.165) is 25.3 Å². The molecule has 0 radical (unpaired) electrons. The molecule has 0 bridgehead atoms. The average Bonchev–Trinajstić information content (AvgIpc) is 2.58. The highest BCUT2D eigenvalue weighted by Gasteiger charge is 2.05. The maximum absolute atomic E-state index is 5.86. The van der Waals surface area contributed by atoms with Gasteiger partial charge in [-0.2, -0.15) is 0 Å². The number of hydrogen-bond acceptors (Lipinski definition) is 3. The monoisotopic (exact) mass is 197 g/mol. The van der Waals surface area contributed by atoms with E-state index >= 15 is 0 Å². The summed E-state index contributed by atoms with van der Waals surface area (Å²) < 4.78 is 7.26. The van der Waals surface area contributed by atoms with E-state index in [1.54, 1.807) is 0 Å². The van der Waals surface area contributed by atoms with Crippen molar-refractivity contribution in [2.45, 2.75) is 25.8 Å². The van der Waals surface area contributed by atoms with Crippen LogP contribution in [0.2, 0.25) is 0 Å². The minimum absolute atomic E-state index is 0.117. The molecule has 0 saturated heterocycles. The lowest BCUT2D eigenvalue weighted by atomic mass is 10.2. The maximum Gasteiger partial charge on any atom is 0.108 e. The fourth-order valence-corrected chi connectivity index (χ4v) is 1.30. The Kier molecular flexibility index (Phi) is 4.62. The Hall–Kier alpha value is -0.870. The predicted molar refractivity (Wildman–Crippen MR) is 56.0 cm³/mol. The van der Waals surface area contributed by atoms with Crippen molar-refractivity contribution in [2.75, 3.05) is 13.2 Å². The lowest BCUT2D eigenvalue weighted by Crippen LogP contribution is -2.27. The Morgan fingerprint density at radius 3 is 3.00 bits per heavy atom. The van der Waals surface area contributed by atoms with Crippen LogP contribution in [0.1, 0.15) is 19.2 Å². The van der Waals surface area contributed by atoms with E-state index < -0.39 is 0 Å². The molecule has 1 atom stereocenters. The van der Waals surface area contributed by atoms with Gasteiger partial charge in [-0.3, -0.25) is 0 Å². The first-order valence-corrected chi connectivity index (χ1v) is 5.03. The van der Waals surface area contributed by atoms with Crippen LogP contribution in [0.4, 0.5) is 0 Å². The minimum atomic E-state index is 0.117. The quantitative estimate of drug-likeness (QED) is 0.731. The lowest BCUT2D eigenvalue weighted by molar-refractivity contribution is 0.131. The first-order valence-electron chi connectivity index (χ1n) is 5.03. The molecular formula is C10H19N3O. The normalized spacial score (nSPS) is 13.1. The fourth-order valence-electron chi connectivity index (χ4n) is 1.30. The van der Waals surface area contributed by atoms with E-state index in [1.807, 2.05) is 30.9 Å². The summed E-state index contributed by atoms with van der Waals surface area (Å²) in [5.41, 5.74) is 5.86. The number of hydrogen-bond donors (Lipinski definition) is 1. The average molecular weight is 197 g/mol. The van der Waals surface area contributed by atoms with Crippen molar-refractivity contribution in [1.29, 1.82) is 0 Å². The highest BCUT2D eigenvalue weighted by Crippen LogP contribution is 2.01. The molecule has 2 N–H and O–H groups in total. The van der Waals surface area contributed by atoms with Gasteiger partial charge in [0.25, 0.3) is 0 Å². The SMILES string of the molecule is CCOCC(N)CCc1nccn1C. The molecule has 0 spiro atoms. The highest BCUT2D eigenvalue weighted by atomic mass is 16.5. The van der Waals surface area contributed by atoms with E-state index in [0.29, 0.717) is 6.61 Å². The zero-order valence-electron chi connectivity index (χ0n) is 8.94. The van der Waals surface area contributed by atoms with E-state index in [2.05, 4.69) is 4.98 Å². The summed E-state index contributed by atoms with van der Waals surface area (Å²) >= 11 is 0. The van der Waals surface area contributed by atoms with Gasteiger partial charge in [-0.1, -0.05) is 0 Å². The van der Waals surface area contributed by atoms with Crippen LogP contribution in [0.25, 0.3) is 0 Å². The zero-order valence-corrected chi connectivity index (χ0v) is 8.94. The van der Waals surface area contributed by atoms with Crippen LogP contribution in [0.15, 0.2) is 12.4 Å². The van der Waals surface area contributed by atoms with Gasteiger partial charge in [0.2, 0.25) is 0 Å². The van der Waals surface area contributed by atoms with Crippen molar-refractivity contribution >= 4 is 0 Å². The number of imidazole rings is 1. The Morgan fingerprint density at radius 1 is 1.64 bits per heavy atom. The molecule has 80 valence electrons. The van der Waals surface area contributed by atoms with Gasteiger partial charge in [0.1, 0.15) is 5.82 Å². The Bertz CT molecular complexity index is 260. The number of rotatable bonds is 6. The highest BCUT2D eigenvalue weighted by molar-refractivity contribution is 4.91. The molecule has 14 heavy (non-hydrogen) atoms. The molecule has 0 aliphatic rings. The van der Waals surface area contributed by atoms with Crippen molar-refractivity contribution in [3.8, 4) is 0 Å². The summed E-state index contributed by atoms with van der Waals surface area (Å²) in [4.78, 5) is 4.23. The molecule has 4 nitrogen and oxygen atoms in total. The van der Waals surface area contributed by atoms with Crippen molar-refractivity contribution < 1.29 is 4.74 Å². The van der Waals surface area contributed by atoms with Crippen LogP contribution < -0.4 is 5.73 Å². The topological polar surface area (TPSA) is 53.1 Å². The molecule has 0 aliphatic carbocycles. The van der Waals surface area contributed by atoms with Crippen molar-refractivity contribution in [3.05, 3.63) is 18.2 Å². The number of nitrogens with zero attached hydrogens (tertiary/aromatic N) is 2. The van der Waals surface area contributed by atoms with Crippen LogP contribution in [0.5, 0.6) is 0 Å². The van der Waals surface area contributed by atoms with Gasteiger partial charge in [0, 0.05) is 38.5 Å². The Balaban J connectivity index is 2.23. The largest absolute Gasteiger partial charge is 0.380 e. The summed E-state index contributed by atoms with van der Waals surface area (Å²) in [5, 5.41) is 0. The van der Waals surface area contributed by atoms with Crippen molar-refractivity contribution in [2.24, 2.45) is 12.8 Å². The second-order valence-corrected chi connectivity index (χ2v) is 3.41. The second kappa shape index (κ2) is 5.78. The maximum atomic E-state index is 5.86. The number of nitrogens with two attached hydrogens (primary N) is 1. The van der Waals surface area contributed by atoms with Gasteiger partial charge in [0.15, 0.2) is 0 Å². The van der Waals surface area contributed by atoms with Crippen molar-refractivity contribution in [3.63, 3.8) is 0 Å². The molecule has 1 rings (SSSR count). The van der Waals surface area contributed by atoms with E-state index in [1.165, 1.54) is 0 Å². The van der Waals surface area contributed by atoms with E-state index in [-0.39, 0.29) is 6.04 Å². The van der Waals surface area contributed by atoms with Gasteiger partial charge < -0.3 is 15.0 Å². The van der Waals surface area contributed by atoms with Crippen molar-refractivity contribution in [1.82, 2.24) is 9.55 Å². The molecule has 0 aliphatic heterocycles. The lowest BCUT2D eigenvalue weighted by Gasteiger charge is -2.10. The van der Waals surface area contributed by atoms with Crippen LogP contribution in [-0.2, 0) is 18.2 Å². The minimum Gasteiger partial charge on any atom is -0.380 e. The summed E-state index contributed by atoms with van der Waals surface area (Å²) in [6.07, 6.45) is 5.59. The van der Waals surface area contributed by atoms with Crippen LogP contribution >= 0.6 is 0 Å². The molecule has 1 heterocycles. The standard InChI is InChI=1S/C10H19N3O/c1-3-14-8-9(11)4-5-10-12-6-7-13(10)2/h6-7,9H,3-5,8,11H2,1-2H3. The van der Waals surface area contributed by atoms with Gasteiger partial charge >= 0.3 is 0 Å². The summed E-state index contributed by atoms with van der Waals surface area (Å²) in [6, 6.07) is 0.117. The predicted octanol–water partition coefficient (Wildman–Crippen LogP) is 0.716. The van der Waals surface area contributed by atoms with Crippen LogP contribution in [-0.4, -0.2) is 28.8 Å². The first-order chi connectivity index (χ1) is 6.74. The van der Waals surface area contributed by atoms with Crippen LogP contribution in [0.3, 0.4) is 0 Å². The van der Waals surface area contributed by atoms with E-state index in [9.17, 15) is 0 Å². The summed E-state index contributed by atoms with van der Waals surface area (Å²) in [6.45, 7) is 3.35. The van der Waals surface area contributed by atoms with Gasteiger partial charge in [-0.05, 0) is 13.3 Å². The zero-order chi connectivity index (χ0) is 10.4. The van der Waals surface area contributed by atoms with Gasteiger partial charge in [-0.15, -0.1) is 0 Å². The third kappa shape index (κ3) is 3.47. The molecule has 0 amide bonds. The number of aromatic nitrogens is 2. The molecule has 1 aromatic rings. The fraction of sp³-hybridized carbons (Fsp3) is 0.700. The molecule has 0 aromatic carbocycles. The molecule has 4 heteroatoms. The molecule has 1 aromatic heterocycles. The smallest absolute Gasteiger partial charge is 0.108 e. The molecule has 1 unspecified atom stereocenters.